The van der Waals surface area contributed by atoms with Gasteiger partial charge >= 0.3 is 5.97 Å². The molecule has 1 aromatic rings. The van der Waals surface area contributed by atoms with E-state index in [1.807, 2.05) is 0 Å². The van der Waals surface area contributed by atoms with Crippen LogP contribution in [-0.2, 0) is 20.8 Å². The van der Waals surface area contributed by atoms with Gasteiger partial charge in [-0.25, -0.2) is 9.78 Å². The number of carboxylic acid groups (broad SMARTS) is 1. The monoisotopic (exact) mass is 291 g/mol. The summed E-state index contributed by atoms with van der Waals surface area (Å²) in [5.74, 6) is -2.46. The van der Waals surface area contributed by atoms with Crippen molar-refractivity contribution in [2.45, 2.75) is 38.1 Å². The average molecular weight is 291 g/mol. The van der Waals surface area contributed by atoms with Gasteiger partial charge in [-0.15, -0.1) is 0 Å². The number of likely N-dealkylation sites (tertiary alicyclic amines) is 1. The Kier molecular flexibility index (Phi) is 3.48. The van der Waals surface area contributed by atoms with Crippen molar-refractivity contribution in [1.29, 1.82) is 0 Å². The van der Waals surface area contributed by atoms with Crippen molar-refractivity contribution < 1.29 is 19.5 Å². The van der Waals surface area contributed by atoms with Crippen LogP contribution in [0.25, 0.3) is 0 Å². The second kappa shape index (κ2) is 5.31. The minimum Gasteiger partial charge on any atom is -0.480 e. The fraction of sp³-hybridized carbons (Fsp3) is 0.571. The Bertz CT molecular complexity index is 545. The van der Waals surface area contributed by atoms with Gasteiger partial charge < -0.3 is 10.1 Å². The van der Waals surface area contributed by atoms with Crippen LogP contribution in [0.2, 0.25) is 0 Å². The molecule has 3 atom stereocenters. The number of imide groups is 1. The van der Waals surface area contributed by atoms with Crippen LogP contribution in [0.3, 0.4) is 0 Å². The van der Waals surface area contributed by atoms with Crippen LogP contribution in [0.15, 0.2) is 12.5 Å². The predicted octanol–water partition coefficient (Wildman–Crippen LogP) is 0.581. The summed E-state index contributed by atoms with van der Waals surface area (Å²) < 4.78 is 0. The molecular formula is C14H17N3O4. The second-order valence-corrected chi connectivity index (χ2v) is 5.68. The third-order valence-electron chi connectivity index (χ3n) is 4.44. The van der Waals surface area contributed by atoms with E-state index in [1.165, 1.54) is 12.5 Å². The van der Waals surface area contributed by atoms with E-state index in [2.05, 4.69) is 9.97 Å². The molecule has 1 aliphatic heterocycles. The number of nitrogens with zero attached hydrogens (tertiary/aromatic N) is 2. The first kappa shape index (κ1) is 13.8. The number of fused-ring (bicyclic) bond motifs is 1. The van der Waals surface area contributed by atoms with Gasteiger partial charge in [-0.2, -0.15) is 0 Å². The van der Waals surface area contributed by atoms with Crippen LogP contribution in [-0.4, -0.2) is 43.8 Å². The number of carboxylic acids is 1. The molecule has 0 bridgehead atoms. The van der Waals surface area contributed by atoms with Crippen molar-refractivity contribution in [3.05, 3.63) is 18.2 Å². The highest BCUT2D eigenvalue weighted by Crippen LogP contribution is 2.39. The van der Waals surface area contributed by atoms with E-state index in [1.54, 1.807) is 0 Å². The maximum atomic E-state index is 12.4. The summed E-state index contributed by atoms with van der Waals surface area (Å²) in [4.78, 5) is 44.0. The van der Waals surface area contributed by atoms with Gasteiger partial charge in [0.1, 0.15) is 6.04 Å². The van der Waals surface area contributed by atoms with Crippen LogP contribution in [0.5, 0.6) is 0 Å². The second-order valence-electron chi connectivity index (χ2n) is 5.68. The Balaban J connectivity index is 1.86. The van der Waals surface area contributed by atoms with Gasteiger partial charge in [0, 0.05) is 18.3 Å². The number of hydrogen-bond donors (Lipinski definition) is 2. The molecular weight excluding hydrogens is 274 g/mol. The van der Waals surface area contributed by atoms with Crippen LogP contribution < -0.4 is 0 Å². The quantitative estimate of drug-likeness (QED) is 0.790. The number of carbonyl (C=O) groups is 3. The highest BCUT2D eigenvalue weighted by Gasteiger charge is 2.51. The fourth-order valence-electron chi connectivity index (χ4n) is 3.39. The zero-order chi connectivity index (χ0) is 15.0. The van der Waals surface area contributed by atoms with Crippen molar-refractivity contribution in [2.24, 2.45) is 11.8 Å². The summed E-state index contributed by atoms with van der Waals surface area (Å²) >= 11 is 0. The first-order chi connectivity index (χ1) is 10.1. The molecule has 21 heavy (non-hydrogen) atoms. The summed E-state index contributed by atoms with van der Waals surface area (Å²) in [6.45, 7) is 0. The summed E-state index contributed by atoms with van der Waals surface area (Å²) in [6.07, 6.45) is 6.23. The zero-order valence-corrected chi connectivity index (χ0v) is 11.5. The molecule has 0 aromatic carbocycles. The van der Waals surface area contributed by atoms with E-state index in [4.69, 9.17) is 0 Å². The molecule has 1 aliphatic carbocycles. The van der Waals surface area contributed by atoms with E-state index in [0.717, 1.165) is 17.7 Å². The number of imidazole rings is 1. The van der Waals surface area contributed by atoms with Crippen molar-refractivity contribution >= 4 is 17.8 Å². The van der Waals surface area contributed by atoms with Crippen molar-refractivity contribution in [3.8, 4) is 0 Å². The lowest BCUT2D eigenvalue weighted by Crippen LogP contribution is -2.46. The Morgan fingerprint density at radius 3 is 2.43 bits per heavy atom. The molecule has 1 saturated heterocycles. The number of nitrogens with one attached hydrogen (secondary N) is 1. The summed E-state index contributed by atoms with van der Waals surface area (Å²) in [6, 6.07) is -1.16. The van der Waals surface area contributed by atoms with E-state index in [0.29, 0.717) is 18.5 Å². The Hall–Kier alpha value is -2.18. The van der Waals surface area contributed by atoms with Crippen LogP contribution in [0, 0.1) is 11.8 Å². The lowest BCUT2D eigenvalue weighted by atomic mass is 9.81. The number of aromatic nitrogens is 2. The number of amides is 2. The van der Waals surface area contributed by atoms with Crippen LogP contribution >= 0.6 is 0 Å². The standard InChI is InChI=1S/C14H17N3O4/c18-12-9-3-1-2-4-10(9)13(19)17(12)11(14(20)21)5-8-6-15-7-16-8/h6-7,9-11H,1-5H2,(H,15,16)(H,20,21). The summed E-state index contributed by atoms with van der Waals surface area (Å²) in [5.41, 5.74) is 0.595. The Morgan fingerprint density at radius 2 is 1.95 bits per heavy atom. The topological polar surface area (TPSA) is 103 Å². The third kappa shape index (κ3) is 2.32. The molecule has 2 aliphatic rings. The van der Waals surface area contributed by atoms with Crippen molar-refractivity contribution in [3.63, 3.8) is 0 Å². The lowest BCUT2D eigenvalue weighted by Gasteiger charge is -2.22. The number of hydrogen-bond acceptors (Lipinski definition) is 4. The molecule has 2 amide bonds. The molecule has 0 radical (unpaired) electrons. The van der Waals surface area contributed by atoms with Gasteiger partial charge in [-0.3, -0.25) is 14.5 Å². The van der Waals surface area contributed by atoms with Gasteiger partial charge in [0.25, 0.3) is 0 Å². The summed E-state index contributed by atoms with van der Waals surface area (Å²) in [7, 11) is 0. The lowest BCUT2D eigenvalue weighted by molar-refractivity contribution is -0.155. The fourth-order valence-corrected chi connectivity index (χ4v) is 3.39. The van der Waals surface area contributed by atoms with E-state index in [-0.39, 0.29) is 30.1 Å². The first-order valence-electron chi connectivity index (χ1n) is 7.16. The molecule has 2 fully saturated rings. The molecule has 1 aromatic heterocycles. The van der Waals surface area contributed by atoms with Crippen LogP contribution in [0.1, 0.15) is 31.4 Å². The van der Waals surface area contributed by atoms with Crippen LogP contribution in [0.4, 0.5) is 0 Å². The Labute approximate surface area is 121 Å². The predicted molar refractivity (Wildman–Crippen MR) is 71.0 cm³/mol. The highest BCUT2D eigenvalue weighted by atomic mass is 16.4. The maximum Gasteiger partial charge on any atom is 0.327 e. The smallest absolute Gasteiger partial charge is 0.327 e. The maximum absolute atomic E-state index is 12.4. The summed E-state index contributed by atoms with van der Waals surface area (Å²) in [5, 5.41) is 9.42. The largest absolute Gasteiger partial charge is 0.480 e. The van der Waals surface area contributed by atoms with Gasteiger partial charge in [0.15, 0.2) is 0 Å². The average Bonchev–Trinajstić information content (AvgIpc) is 3.06. The SMILES string of the molecule is O=C(O)C(Cc1cnc[nH]1)N1C(=O)C2CCCCC2C1=O. The molecule has 2 heterocycles. The molecule has 2 N–H and O–H groups in total. The van der Waals surface area contributed by atoms with Crippen molar-refractivity contribution in [1.82, 2.24) is 14.9 Å². The molecule has 0 spiro atoms. The number of aliphatic carboxylic acids is 1. The molecule has 112 valence electrons. The Morgan fingerprint density at radius 1 is 1.33 bits per heavy atom. The van der Waals surface area contributed by atoms with E-state index < -0.39 is 12.0 Å². The zero-order valence-electron chi connectivity index (χ0n) is 11.5. The number of H-pyrrole nitrogens is 1. The van der Waals surface area contributed by atoms with E-state index >= 15 is 0 Å². The molecule has 1 saturated carbocycles. The normalized spacial score (nSPS) is 26.8. The third-order valence-corrected chi connectivity index (χ3v) is 4.44. The van der Waals surface area contributed by atoms with Gasteiger partial charge in [-0.05, 0) is 12.8 Å². The van der Waals surface area contributed by atoms with Crippen molar-refractivity contribution in [2.75, 3.05) is 0 Å². The van der Waals surface area contributed by atoms with Gasteiger partial charge in [-0.1, -0.05) is 12.8 Å². The minimum absolute atomic E-state index is 0.0618. The molecule has 3 rings (SSSR count). The molecule has 7 heteroatoms. The number of aromatic amines is 1. The molecule has 7 nitrogen and oxygen atoms in total. The first-order valence-corrected chi connectivity index (χ1v) is 7.16. The highest BCUT2D eigenvalue weighted by molar-refractivity contribution is 6.07. The number of rotatable bonds is 4. The minimum atomic E-state index is -1.16. The van der Waals surface area contributed by atoms with E-state index in [9.17, 15) is 19.5 Å². The number of carbonyl (C=O) groups excluding carboxylic acids is 2. The van der Waals surface area contributed by atoms with Gasteiger partial charge in [0.05, 0.1) is 18.2 Å². The van der Waals surface area contributed by atoms with Gasteiger partial charge in [0.2, 0.25) is 11.8 Å². The molecule has 3 unspecified atom stereocenters.